The molecule has 32 heavy (non-hydrogen) atoms. The second-order valence-corrected chi connectivity index (χ2v) is 7.18. The maximum atomic E-state index is 13.8. The van der Waals surface area contributed by atoms with Crippen molar-refractivity contribution >= 4 is 40.0 Å². The van der Waals surface area contributed by atoms with Crippen molar-refractivity contribution in [3.63, 3.8) is 0 Å². The highest BCUT2D eigenvalue weighted by Gasteiger charge is 2.31. The number of imidazole rings is 1. The van der Waals surface area contributed by atoms with Crippen LogP contribution in [0.1, 0.15) is 17.0 Å². The number of hydrogen-bond acceptors (Lipinski definition) is 3. The average molecular weight is 464 g/mol. The molecule has 0 saturated heterocycles. The standard InChI is InChI=1S/C21H14ClF4N5O/c22-19-18-15(7-8-27-19)29-17(31-18)9-11-1-4-13(5-2-11)28-20(32)30-16-10-12(21(24,25)26)3-6-14(16)23/h1-8,10H,9H2,(H,29,31)(H2,28,30,32). The molecule has 6 nitrogen and oxygen atoms in total. The molecule has 0 unspecified atom stereocenters. The Labute approximate surface area is 183 Å². The average Bonchev–Trinajstić information content (AvgIpc) is 3.14. The molecular weight excluding hydrogens is 450 g/mol. The zero-order chi connectivity index (χ0) is 22.9. The highest BCUT2D eigenvalue weighted by Crippen LogP contribution is 2.31. The molecule has 0 aliphatic heterocycles. The van der Waals surface area contributed by atoms with Gasteiger partial charge in [0.25, 0.3) is 0 Å². The molecule has 2 heterocycles. The predicted octanol–water partition coefficient (Wildman–Crippen LogP) is 6.00. The maximum absolute atomic E-state index is 13.8. The first-order chi connectivity index (χ1) is 15.2. The van der Waals surface area contributed by atoms with Crippen LogP contribution < -0.4 is 10.6 Å². The number of urea groups is 1. The summed E-state index contributed by atoms with van der Waals surface area (Å²) in [5, 5.41) is 4.83. The van der Waals surface area contributed by atoms with Crippen molar-refractivity contribution in [3.8, 4) is 0 Å². The van der Waals surface area contributed by atoms with E-state index in [0.29, 0.717) is 46.8 Å². The van der Waals surface area contributed by atoms with E-state index in [4.69, 9.17) is 11.6 Å². The van der Waals surface area contributed by atoms with E-state index in [9.17, 15) is 22.4 Å². The number of H-pyrrole nitrogens is 1. The quantitative estimate of drug-likeness (QED) is 0.256. The van der Waals surface area contributed by atoms with Crippen LogP contribution in [0.25, 0.3) is 11.0 Å². The summed E-state index contributed by atoms with van der Waals surface area (Å²) in [6.45, 7) is 0. The van der Waals surface area contributed by atoms with Crippen LogP contribution in [0.2, 0.25) is 5.15 Å². The van der Waals surface area contributed by atoms with Crippen LogP contribution in [-0.2, 0) is 12.6 Å². The largest absolute Gasteiger partial charge is 0.416 e. The number of alkyl halides is 3. The van der Waals surface area contributed by atoms with Crippen LogP contribution in [0.4, 0.5) is 33.7 Å². The van der Waals surface area contributed by atoms with Gasteiger partial charge in [0.1, 0.15) is 17.2 Å². The third kappa shape index (κ3) is 4.80. The fourth-order valence-corrected chi connectivity index (χ4v) is 3.22. The van der Waals surface area contributed by atoms with Gasteiger partial charge in [-0.3, -0.25) is 0 Å². The molecule has 0 atom stereocenters. The van der Waals surface area contributed by atoms with Crippen LogP contribution >= 0.6 is 11.6 Å². The van der Waals surface area contributed by atoms with Gasteiger partial charge in [-0.2, -0.15) is 13.2 Å². The monoisotopic (exact) mass is 463 g/mol. The molecule has 0 aliphatic rings. The lowest BCUT2D eigenvalue weighted by molar-refractivity contribution is -0.137. The molecule has 0 bridgehead atoms. The van der Waals surface area contributed by atoms with Crippen molar-refractivity contribution in [1.29, 1.82) is 0 Å². The maximum Gasteiger partial charge on any atom is 0.416 e. The lowest BCUT2D eigenvalue weighted by Crippen LogP contribution is -2.20. The fraction of sp³-hybridized carbons (Fsp3) is 0.0952. The number of carbonyl (C=O) groups is 1. The Bertz CT molecular complexity index is 1290. The number of hydrogen-bond donors (Lipinski definition) is 3. The molecular formula is C21H14ClF4N5O. The highest BCUT2D eigenvalue weighted by atomic mass is 35.5. The van der Waals surface area contributed by atoms with E-state index in [1.165, 1.54) is 0 Å². The van der Waals surface area contributed by atoms with Gasteiger partial charge in [0.05, 0.1) is 16.8 Å². The Balaban J connectivity index is 1.41. The van der Waals surface area contributed by atoms with Gasteiger partial charge in [0, 0.05) is 18.3 Å². The van der Waals surface area contributed by atoms with Gasteiger partial charge in [0.15, 0.2) is 5.15 Å². The van der Waals surface area contributed by atoms with Crippen molar-refractivity contribution in [3.05, 3.63) is 82.6 Å². The predicted molar refractivity (Wildman–Crippen MR) is 112 cm³/mol. The summed E-state index contributed by atoms with van der Waals surface area (Å²) < 4.78 is 52.2. The van der Waals surface area contributed by atoms with Gasteiger partial charge in [-0.25, -0.2) is 19.2 Å². The molecule has 2 aromatic carbocycles. The number of halogens is 5. The molecule has 3 N–H and O–H groups in total. The lowest BCUT2D eigenvalue weighted by atomic mass is 10.1. The molecule has 0 fully saturated rings. The third-order valence-corrected chi connectivity index (χ3v) is 4.81. The Morgan fingerprint density at radius 3 is 2.50 bits per heavy atom. The number of pyridine rings is 1. The Morgan fingerprint density at radius 2 is 1.81 bits per heavy atom. The van der Waals surface area contributed by atoms with Gasteiger partial charge in [-0.15, -0.1) is 0 Å². The van der Waals surface area contributed by atoms with Gasteiger partial charge in [-0.1, -0.05) is 23.7 Å². The SMILES string of the molecule is O=C(Nc1ccc(Cc2nc3c(Cl)nccc3[nH]2)cc1)Nc1cc(C(F)(F)F)ccc1F. The Hall–Kier alpha value is -3.66. The van der Waals surface area contributed by atoms with Crippen molar-refractivity contribution in [1.82, 2.24) is 15.0 Å². The molecule has 2 aromatic heterocycles. The third-order valence-electron chi connectivity index (χ3n) is 4.53. The molecule has 164 valence electrons. The van der Waals surface area contributed by atoms with Gasteiger partial charge in [0.2, 0.25) is 0 Å². The number of aromatic nitrogens is 3. The number of aromatic amines is 1. The van der Waals surface area contributed by atoms with E-state index in [0.717, 1.165) is 11.1 Å². The first kappa shape index (κ1) is 21.6. The minimum Gasteiger partial charge on any atom is -0.342 e. The van der Waals surface area contributed by atoms with Crippen LogP contribution in [0.3, 0.4) is 0 Å². The molecule has 11 heteroatoms. The summed E-state index contributed by atoms with van der Waals surface area (Å²) in [5.74, 6) is -0.307. The van der Waals surface area contributed by atoms with E-state index in [1.54, 1.807) is 36.5 Å². The number of benzene rings is 2. The zero-order valence-electron chi connectivity index (χ0n) is 16.1. The molecule has 4 aromatic rings. The number of carbonyl (C=O) groups excluding carboxylic acids is 1. The summed E-state index contributed by atoms with van der Waals surface area (Å²) in [7, 11) is 0. The van der Waals surface area contributed by atoms with Crippen molar-refractivity contribution in [2.75, 3.05) is 10.6 Å². The van der Waals surface area contributed by atoms with E-state index in [1.807, 2.05) is 0 Å². The van der Waals surface area contributed by atoms with E-state index >= 15 is 0 Å². The number of nitrogens with one attached hydrogen (secondary N) is 3. The number of anilines is 2. The molecule has 2 amide bonds. The number of fused-ring (bicyclic) bond motifs is 1. The molecule has 0 radical (unpaired) electrons. The molecule has 0 spiro atoms. The van der Waals surface area contributed by atoms with E-state index in [-0.39, 0.29) is 0 Å². The van der Waals surface area contributed by atoms with E-state index in [2.05, 4.69) is 25.6 Å². The minimum atomic E-state index is -4.65. The first-order valence-electron chi connectivity index (χ1n) is 9.22. The van der Waals surface area contributed by atoms with Crippen LogP contribution in [0.15, 0.2) is 54.7 Å². The number of nitrogens with zero attached hydrogens (tertiary/aromatic N) is 2. The second kappa shape index (κ2) is 8.46. The second-order valence-electron chi connectivity index (χ2n) is 6.83. The number of rotatable bonds is 4. The highest BCUT2D eigenvalue weighted by molar-refractivity contribution is 6.33. The lowest BCUT2D eigenvalue weighted by Gasteiger charge is -2.12. The normalized spacial score (nSPS) is 11.5. The summed E-state index contributed by atoms with van der Waals surface area (Å²) >= 11 is 6.02. The molecule has 0 aliphatic carbocycles. The Morgan fingerprint density at radius 1 is 1.06 bits per heavy atom. The van der Waals surface area contributed by atoms with Crippen LogP contribution in [0.5, 0.6) is 0 Å². The van der Waals surface area contributed by atoms with Gasteiger partial charge >= 0.3 is 12.2 Å². The van der Waals surface area contributed by atoms with Gasteiger partial charge in [-0.05, 0) is 42.0 Å². The van der Waals surface area contributed by atoms with E-state index < -0.39 is 29.3 Å². The minimum absolute atomic E-state index is 0.299. The van der Waals surface area contributed by atoms with Crippen molar-refractivity contribution in [2.24, 2.45) is 0 Å². The van der Waals surface area contributed by atoms with Gasteiger partial charge < -0.3 is 15.6 Å². The smallest absolute Gasteiger partial charge is 0.342 e. The summed E-state index contributed by atoms with van der Waals surface area (Å²) in [6.07, 6.45) is -2.62. The Kier molecular flexibility index (Phi) is 5.70. The molecule has 0 saturated carbocycles. The molecule has 4 rings (SSSR count). The topological polar surface area (TPSA) is 82.7 Å². The summed E-state index contributed by atoms with van der Waals surface area (Å²) in [6, 6.07) is 9.36. The first-order valence-corrected chi connectivity index (χ1v) is 9.59. The van der Waals surface area contributed by atoms with Crippen molar-refractivity contribution in [2.45, 2.75) is 12.6 Å². The summed E-state index contributed by atoms with van der Waals surface area (Å²) in [4.78, 5) is 23.6. The van der Waals surface area contributed by atoms with Crippen LogP contribution in [-0.4, -0.2) is 21.0 Å². The van der Waals surface area contributed by atoms with Crippen molar-refractivity contribution < 1.29 is 22.4 Å². The summed E-state index contributed by atoms with van der Waals surface area (Å²) in [5.41, 5.74) is 0.935. The number of amides is 2. The van der Waals surface area contributed by atoms with Crippen LogP contribution in [0, 0.1) is 5.82 Å². The fourth-order valence-electron chi connectivity index (χ4n) is 3.02. The zero-order valence-corrected chi connectivity index (χ0v) is 16.9.